The van der Waals surface area contributed by atoms with Gasteiger partial charge < -0.3 is 9.15 Å². The summed E-state index contributed by atoms with van der Waals surface area (Å²) in [5.74, 6) is -0.257. The van der Waals surface area contributed by atoms with Crippen LogP contribution < -0.4 is 15.6 Å². The quantitative estimate of drug-likeness (QED) is 0.644. The Labute approximate surface area is 164 Å². The van der Waals surface area contributed by atoms with Crippen LogP contribution in [0, 0.1) is 13.8 Å². The van der Waals surface area contributed by atoms with Crippen molar-refractivity contribution < 1.29 is 18.7 Å². The van der Waals surface area contributed by atoms with Gasteiger partial charge in [0.25, 0.3) is 5.91 Å². The smallest absolute Gasteiger partial charge is 0.305 e. The van der Waals surface area contributed by atoms with Crippen LogP contribution in [0.2, 0.25) is 10.0 Å². The van der Waals surface area contributed by atoms with Crippen LogP contribution in [0.4, 0.5) is 0 Å². The van der Waals surface area contributed by atoms with E-state index < -0.39 is 11.8 Å². The minimum absolute atomic E-state index is 0.0835. The van der Waals surface area contributed by atoms with Crippen molar-refractivity contribution in [3.05, 3.63) is 57.6 Å². The molecule has 0 radical (unpaired) electrons. The standard InChI is InChI=1S/C18H15Cl2N3O4/c1-9-3-5-11-12(19)7-13(20)17(16(11)21-9)26-8-15(24)22-23-18(25)14-6-4-10(2)27-14/h3-7H,8H2,1-2H3,(H,22,24)(H,23,25). The zero-order valence-corrected chi connectivity index (χ0v) is 15.9. The maximum atomic E-state index is 12.0. The molecule has 0 atom stereocenters. The van der Waals surface area contributed by atoms with Crippen LogP contribution in [0.25, 0.3) is 10.9 Å². The zero-order chi connectivity index (χ0) is 19.6. The largest absolute Gasteiger partial charge is 0.480 e. The number of ether oxygens (including phenoxy) is 1. The minimum Gasteiger partial charge on any atom is -0.480 e. The van der Waals surface area contributed by atoms with E-state index in [0.29, 0.717) is 21.7 Å². The summed E-state index contributed by atoms with van der Waals surface area (Å²) in [5.41, 5.74) is 5.67. The number of hydrogen-bond donors (Lipinski definition) is 2. The maximum absolute atomic E-state index is 12.0. The van der Waals surface area contributed by atoms with Gasteiger partial charge in [0.2, 0.25) is 0 Å². The Morgan fingerprint density at radius 3 is 2.59 bits per heavy atom. The van der Waals surface area contributed by atoms with E-state index in [0.717, 1.165) is 5.69 Å². The van der Waals surface area contributed by atoms with Crippen LogP contribution in [-0.4, -0.2) is 23.4 Å². The third-order valence-corrected chi connectivity index (χ3v) is 4.20. The fraction of sp³-hybridized carbons (Fsp3) is 0.167. The maximum Gasteiger partial charge on any atom is 0.305 e. The molecule has 0 saturated carbocycles. The second-order valence-corrected chi connectivity index (χ2v) is 6.53. The summed E-state index contributed by atoms with van der Waals surface area (Å²) in [6.45, 7) is 3.14. The number of carbonyl (C=O) groups is 2. The van der Waals surface area contributed by atoms with E-state index in [1.807, 2.05) is 13.0 Å². The van der Waals surface area contributed by atoms with Crippen LogP contribution in [-0.2, 0) is 4.79 Å². The second-order valence-electron chi connectivity index (χ2n) is 5.72. The summed E-state index contributed by atoms with van der Waals surface area (Å²) < 4.78 is 10.7. The fourth-order valence-electron chi connectivity index (χ4n) is 2.35. The molecule has 9 heteroatoms. The van der Waals surface area contributed by atoms with Gasteiger partial charge in [-0.25, -0.2) is 4.98 Å². The highest BCUT2D eigenvalue weighted by Gasteiger charge is 2.16. The van der Waals surface area contributed by atoms with Crippen LogP contribution >= 0.6 is 23.2 Å². The molecule has 140 valence electrons. The van der Waals surface area contributed by atoms with Crippen LogP contribution in [0.1, 0.15) is 22.0 Å². The first kappa shape index (κ1) is 19.0. The van der Waals surface area contributed by atoms with E-state index in [1.54, 1.807) is 19.1 Å². The molecule has 0 unspecified atom stereocenters. The summed E-state index contributed by atoms with van der Waals surface area (Å²) in [4.78, 5) is 28.2. The average Bonchev–Trinajstić information content (AvgIpc) is 3.05. The molecular weight excluding hydrogens is 393 g/mol. The monoisotopic (exact) mass is 407 g/mol. The molecule has 3 aromatic rings. The lowest BCUT2D eigenvalue weighted by Crippen LogP contribution is -2.43. The van der Waals surface area contributed by atoms with Crippen molar-refractivity contribution in [2.75, 3.05) is 6.61 Å². The van der Waals surface area contributed by atoms with Crippen molar-refractivity contribution in [1.29, 1.82) is 0 Å². The van der Waals surface area contributed by atoms with Gasteiger partial charge in [-0.3, -0.25) is 20.4 Å². The molecule has 7 nitrogen and oxygen atoms in total. The van der Waals surface area contributed by atoms with Crippen molar-refractivity contribution >= 4 is 45.9 Å². The Balaban J connectivity index is 1.67. The first-order valence-electron chi connectivity index (χ1n) is 7.89. The third-order valence-electron chi connectivity index (χ3n) is 3.60. The zero-order valence-electron chi connectivity index (χ0n) is 14.4. The van der Waals surface area contributed by atoms with E-state index in [9.17, 15) is 9.59 Å². The van der Waals surface area contributed by atoms with E-state index in [2.05, 4.69) is 15.8 Å². The molecule has 0 saturated heterocycles. The van der Waals surface area contributed by atoms with E-state index in [4.69, 9.17) is 32.4 Å². The van der Waals surface area contributed by atoms with Gasteiger partial charge in [0.05, 0.1) is 10.0 Å². The van der Waals surface area contributed by atoms with Crippen molar-refractivity contribution in [2.45, 2.75) is 13.8 Å². The summed E-state index contributed by atoms with van der Waals surface area (Å²) in [5, 5.41) is 1.32. The number of carbonyl (C=O) groups excluding carboxylic acids is 2. The molecule has 27 heavy (non-hydrogen) atoms. The number of aryl methyl sites for hydroxylation is 2. The Morgan fingerprint density at radius 2 is 1.89 bits per heavy atom. The fourth-order valence-corrected chi connectivity index (χ4v) is 2.92. The van der Waals surface area contributed by atoms with Crippen LogP contribution in [0.5, 0.6) is 5.75 Å². The molecule has 2 amide bonds. The lowest BCUT2D eigenvalue weighted by Gasteiger charge is -2.12. The number of nitrogens with zero attached hydrogens (tertiary/aromatic N) is 1. The highest BCUT2D eigenvalue weighted by molar-refractivity contribution is 6.39. The topological polar surface area (TPSA) is 93.5 Å². The molecule has 1 aromatic carbocycles. The molecule has 0 spiro atoms. The summed E-state index contributed by atoms with van der Waals surface area (Å²) >= 11 is 12.4. The lowest BCUT2D eigenvalue weighted by atomic mass is 10.2. The number of benzene rings is 1. The van der Waals surface area contributed by atoms with Crippen LogP contribution in [0.3, 0.4) is 0 Å². The molecule has 2 N–H and O–H groups in total. The van der Waals surface area contributed by atoms with E-state index >= 15 is 0 Å². The molecule has 0 aliphatic carbocycles. The molecule has 3 rings (SSSR count). The highest BCUT2D eigenvalue weighted by atomic mass is 35.5. The average molecular weight is 408 g/mol. The Bertz CT molecular complexity index is 1030. The van der Waals surface area contributed by atoms with Gasteiger partial charge in [-0.15, -0.1) is 0 Å². The molecule has 0 aliphatic heterocycles. The van der Waals surface area contributed by atoms with Gasteiger partial charge in [0.1, 0.15) is 11.3 Å². The van der Waals surface area contributed by atoms with Gasteiger partial charge in [-0.05, 0) is 44.2 Å². The van der Waals surface area contributed by atoms with Gasteiger partial charge >= 0.3 is 5.91 Å². The molecule has 0 aliphatic rings. The molecule has 0 bridgehead atoms. The molecule has 2 aromatic heterocycles. The minimum atomic E-state index is -0.585. The van der Waals surface area contributed by atoms with Gasteiger partial charge in [0.15, 0.2) is 18.1 Å². The first-order valence-corrected chi connectivity index (χ1v) is 8.64. The number of halogens is 2. The summed E-state index contributed by atoms with van der Waals surface area (Å²) in [6, 6.07) is 8.28. The first-order chi connectivity index (χ1) is 12.8. The van der Waals surface area contributed by atoms with Gasteiger partial charge in [0, 0.05) is 11.1 Å². The molecule has 2 heterocycles. The number of hydrazine groups is 1. The number of hydrogen-bond acceptors (Lipinski definition) is 5. The highest BCUT2D eigenvalue weighted by Crippen LogP contribution is 2.37. The summed E-state index contributed by atoms with van der Waals surface area (Å²) in [7, 11) is 0. The molecule has 0 fully saturated rings. The Kier molecular flexibility index (Phi) is 5.53. The summed E-state index contributed by atoms with van der Waals surface area (Å²) in [6.07, 6.45) is 0. The SMILES string of the molecule is Cc1ccc2c(Cl)cc(Cl)c(OCC(=O)NNC(=O)c3ccc(C)o3)c2n1. The number of nitrogens with one attached hydrogen (secondary N) is 2. The number of pyridine rings is 1. The third kappa shape index (κ3) is 4.32. The molecular formula is C18H15Cl2N3O4. The van der Waals surface area contributed by atoms with Crippen molar-refractivity contribution in [3.8, 4) is 5.75 Å². The predicted molar refractivity (Wildman–Crippen MR) is 101 cm³/mol. The van der Waals surface area contributed by atoms with Crippen molar-refractivity contribution in [3.63, 3.8) is 0 Å². The van der Waals surface area contributed by atoms with E-state index in [-0.39, 0.29) is 23.1 Å². The number of amides is 2. The van der Waals surface area contributed by atoms with Gasteiger partial charge in [-0.1, -0.05) is 23.2 Å². The lowest BCUT2D eigenvalue weighted by molar-refractivity contribution is -0.123. The van der Waals surface area contributed by atoms with Crippen molar-refractivity contribution in [1.82, 2.24) is 15.8 Å². The predicted octanol–water partition coefficient (Wildman–Crippen LogP) is 3.59. The Morgan fingerprint density at radius 1 is 1.11 bits per heavy atom. The number of aromatic nitrogens is 1. The second kappa shape index (κ2) is 7.85. The normalized spacial score (nSPS) is 10.7. The number of furan rings is 1. The van der Waals surface area contributed by atoms with Crippen molar-refractivity contribution in [2.24, 2.45) is 0 Å². The Hall–Kier alpha value is -2.77. The number of rotatable bonds is 4. The van der Waals surface area contributed by atoms with E-state index in [1.165, 1.54) is 12.1 Å². The number of fused-ring (bicyclic) bond motifs is 1. The van der Waals surface area contributed by atoms with Gasteiger partial charge in [-0.2, -0.15) is 0 Å². The van der Waals surface area contributed by atoms with Crippen LogP contribution in [0.15, 0.2) is 34.7 Å².